The molecule has 1 amide bonds. The highest BCUT2D eigenvalue weighted by Gasteiger charge is 2.11. The van der Waals surface area contributed by atoms with Gasteiger partial charge in [-0.05, 0) is 29.7 Å². The molecular weight excluding hydrogens is 224 g/mol. The van der Waals surface area contributed by atoms with Gasteiger partial charge in [0.05, 0.1) is 0 Å². The number of benzene rings is 1. The van der Waals surface area contributed by atoms with Gasteiger partial charge in [-0.15, -0.1) is 0 Å². The Kier molecular flexibility index (Phi) is 3.72. The van der Waals surface area contributed by atoms with Crippen molar-refractivity contribution in [2.75, 3.05) is 5.32 Å². The van der Waals surface area contributed by atoms with Crippen LogP contribution in [0.2, 0.25) is 0 Å². The third kappa shape index (κ3) is 2.74. The molecule has 3 nitrogen and oxygen atoms in total. The molecule has 0 bridgehead atoms. The number of nitrogens with one attached hydrogen (secondary N) is 1. The molecule has 0 atom stereocenters. The molecule has 0 radical (unpaired) electrons. The van der Waals surface area contributed by atoms with Crippen molar-refractivity contribution < 1.29 is 4.79 Å². The van der Waals surface area contributed by atoms with Gasteiger partial charge in [-0.1, -0.05) is 38.1 Å². The molecule has 92 valence electrons. The Morgan fingerprint density at radius 1 is 1.11 bits per heavy atom. The third-order valence-electron chi connectivity index (χ3n) is 2.73. The molecule has 0 spiro atoms. The zero-order valence-corrected chi connectivity index (χ0v) is 10.6. The minimum absolute atomic E-state index is 0.129. The van der Waals surface area contributed by atoms with Crippen LogP contribution >= 0.6 is 0 Å². The molecule has 2 rings (SSSR count). The first-order valence-corrected chi connectivity index (χ1v) is 6.00. The normalized spacial score (nSPS) is 10.4. The summed E-state index contributed by atoms with van der Waals surface area (Å²) in [5.74, 6) is 0.835. The lowest BCUT2D eigenvalue weighted by Gasteiger charge is -2.12. The Bertz CT molecular complexity index is 535. The number of aromatic nitrogens is 1. The van der Waals surface area contributed by atoms with Crippen LogP contribution in [0.1, 0.15) is 35.7 Å². The molecule has 18 heavy (non-hydrogen) atoms. The molecule has 0 saturated carbocycles. The predicted molar refractivity (Wildman–Crippen MR) is 72.7 cm³/mol. The van der Waals surface area contributed by atoms with Crippen LogP contribution in [0.4, 0.5) is 5.82 Å². The molecule has 0 aliphatic heterocycles. The van der Waals surface area contributed by atoms with E-state index in [2.05, 4.69) is 24.1 Å². The van der Waals surface area contributed by atoms with Crippen LogP contribution in [0.15, 0.2) is 48.7 Å². The maximum atomic E-state index is 12.0. The van der Waals surface area contributed by atoms with Crippen LogP contribution in [0.3, 0.4) is 0 Å². The van der Waals surface area contributed by atoms with Gasteiger partial charge >= 0.3 is 0 Å². The molecule has 1 aromatic heterocycles. The van der Waals surface area contributed by atoms with Crippen LogP contribution < -0.4 is 5.32 Å². The molecule has 0 aliphatic rings. The number of anilines is 1. The minimum Gasteiger partial charge on any atom is -0.306 e. The van der Waals surface area contributed by atoms with Crippen LogP contribution in [0.5, 0.6) is 0 Å². The first-order chi connectivity index (χ1) is 8.68. The number of pyridine rings is 1. The molecule has 0 fully saturated rings. The van der Waals surface area contributed by atoms with Gasteiger partial charge in [0.15, 0.2) is 0 Å². The highest BCUT2D eigenvalue weighted by Crippen LogP contribution is 2.21. The summed E-state index contributed by atoms with van der Waals surface area (Å²) in [4.78, 5) is 16.3. The van der Waals surface area contributed by atoms with Gasteiger partial charge in [-0.25, -0.2) is 4.98 Å². The average Bonchev–Trinajstić information content (AvgIpc) is 2.40. The summed E-state index contributed by atoms with van der Waals surface area (Å²) >= 11 is 0. The number of nitrogens with zero attached hydrogens (tertiary/aromatic N) is 1. The molecule has 1 N–H and O–H groups in total. The van der Waals surface area contributed by atoms with Crippen molar-refractivity contribution in [2.24, 2.45) is 0 Å². The summed E-state index contributed by atoms with van der Waals surface area (Å²) in [7, 11) is 0. The standard InChI is InChI=1S/C15H16N2O/c1-11(2)13-9-6-10-16-14(13)17-15(18)12-7-4-3-5-8-12/h3-11H,1-2H3,(H,16,17,18). The summed E-state index contributed by atoms with van der Waals surface area (Å²) in [6.07, 6.45) is 1.69. The predicted octanol–water partition coefficient (Wildman–Crippen LogP) is 3.46. The van der Waals surface area contributed by atoms with E-state index in [9.17, 15) is 4.79 Å². The van der Waals surface area contributed by atoms with E-state index in [1.165, 1.54) is 0 Å². The number of carbonyl (C=O) groups is 1. The third-order valence-corrected chi connectivity index (χ3v) is 2.73. The Hall–Kier alpha value is -2.16. The summed E-state index contributed by atoms with van der Waals surface area (Å²) in [6, 6.07) is 13.0. The topological polar surface area (TPSA) is 42.0 Å². The summed E-state index contributed by atoms with van der Waals surface area (Å²) in [5.41, 5.74) is 1.68. The Balaban J connectivity index is 2.22. The second kappa shape index (κ2) is 5.45. The van der Waals surface area contributed by atoms with E-state index >= 15 is 0 Å². The second-order valence-electron chi connectivity index (χ2n) is 4.42. The van der Waals surface area contributed by atoms with Crippen LogP contribution in [0, 0.1) is 0 Å². The van der Waals surface area contributed by atoms with Gasteiger partial charge < -0.3 is 5.32 Å². The van der Waals surface area contributed by atoms with Gasteiger partial charge in [0.1, 0.15) is 5.82 Å². The highest BCUT2D eigenvalue weighted by molar-refractivity contribution is 6.04. The fourth-order valence-electron chi connectivity index (χ4n) is 1.76. The first kappa shape index (κ1) is 12.3. The fourth-order valence-corrected chi connectivity index (χ4v) is 1.76. The van der Waals surface area contributed by atoms with Gasteiger partial charge in [-0.3, -0.25) is 4.79 Å². The lowest BCUT2D eigenvalue weighted by atomic mass is 10.0. The lowest BCUT2D eigenvalue weighted by molar-refractivity contribution is 0.102. The maximum Gasteiger partial charge on any atom is 0.256 e. The van der Waals surface area contributed by atoms with Gasteiger partial charge in [-0.2, -0.15) is 0 Å². The number of carbonyl (C=O) groups excluding carboxylic acids is 1. The molecular formula is C15H16N2O. The van der Waals surface area contributed by atoms with E-state index in [1.54, 1.807) is 18.3 Å². The zero-order chi connectivity index (χ0) is 13.0. The SMILES string of the molecule is CC(C)c1cccnc1NC(=O)c1ccccc1. The molecule has 2 aromatic rings. The van der Waals surface area contributed by atoms with Gasteiger partial charge in [0, 0.05) is 11.8 Å². The molecule has 1 heterocycles. The smallest absolute Gasteiger partial charge is 0.256 e. The maximum absolute atomic E-state index is 12.0. The highest BCUT2D eigenvalue weighted by atomic mass is 16.1. The van der Waals surface area contributed by atoms with E-state index in [1.807, 2.05) is 30.3 Å². The van der Waals surface area contributed by atoms with Crippen molar-refractivity contribution >= 4 is 11.7 Å². The van der Waals surface area contributed by atoms with E-state index in [-0.39, 0.29) is 5.91 Å². The largest absolute Gasteiger partial charge is 0.306 e. The summed E-state index contributed by atoms with van der Waals surface area (Å²) in [6.45, 7) is 4.16. The number of rotatable bonds is 3. The second-order valence-corrected chi connectivity index (χ2v) is 4.42. The van der Waals surface area contributed by atoms with E-state index in [0.29, 0.717) is 17.3 Å². The van der Waals surface area contributed by atoms with Crippen LogP contribution in [-0.4, -0.2) is 10.9 Å². The Morgan fingerprint density at radius 2 is 1.83 bits per heavy atom. The summed E-state index contributed by atoms with van der Waals surface area (Å²) < 4.78 is 0. The van der Waals surface area contributed by atoms with Crippen molar-refractivity contribution in [3.63, 3.8) is 0 Å². The van der Waals surface area contributed by atoms with E-state index < -0.39 is 0 Å². The van der Waals surface area contributed by atoms with Crippen LogP contribution in [-0.2, 0) is 0 Å². The van der Waals surface area contributed by atoms with Crippen LogP contribution in [0.25, 0.3) is 0 Å². The average molecular weight is 240 g/mol. The summed E-state index contributed by atoms with van der Waals surface area (Å²) in [5, 5.41) is 2.86. The fraction of sp³-hybridized carbons (Fsp3) is 0.200. The van der Waals surface area contributed by atoms with Crippen molar-refractivity contribution in [3.05, 3.63) is 59.8 Å². The Labute approximate surface area is 107 Å². The molecule has 0 aliphatic carbocycles. The van der Waals surface area contributed by atoms with Crippen molar-refractivity contribution in [3.8, 4) is 0 Å². The van der Waals surface area contributed by atoms with Crippen molar-refractivity contribution in [2.45, 2.75) is 19.8 Å². The zero-order valence-electron chi connectivity index (χ0n) is 10.6. The number of amides is 1. The molecule has 0 saturated heterocycles. The van der Waals surface area contributed by atoms with Gasteiger partial charge in [0.2, 0.25) is 0 Å². The molecule has 0 unspecified atom stereocenters. The Morgan fingerprint density at radius 3 is 2.50 bits per heavy atom. The number of hydrogen-bond acceptors (Lipinski definition) is 2. The van der Waals surface area contributed by atoms with Crippen molar-refractivity contribution in [1.82, 2.24) is 4.98 Å². The van der Waals surface area contributed by atoms with E-state index in [4.69, 9.17) is 0 Å². The quantitative estimate of drug-likeness (QED) is 0.892. The molecule has 1 aromatic carbocycles. The van der Waals surface area contributed by atoms with Gasteiger partial charge in [0.25, 0.3) is 5.91 Å². The minimum atomic E-state index is -0.129. The molecule has 3 heteroatoms. The monoisotopic (exact) mass is 240 g/mol. The van der Waals surface area contributed by atoms with Crippen molar-refractivity contribution in [1.29, 1.82) is 0 Å². The lowest BCUT2D eigenvalue weighted by Crippen LogP contribution is -2.14. The number of hydrogen-bond donors (Lipinski definition) is 1. The van der Waals surface area contributed by atoms with E-state index in [0.717, 1.165) is 5.56 Å². The first-order valence-electron chi connectivity index (χ1n) is 6.00.